The van der Waals surface area contributed by atoms with E-state index in [9.17, 15) is 9.59 Å². The lowest BCUT2D eigenvalue weighted by atomic mass is 10.1. The smallest absolute Gasteiger partial charge is 0.228 e. The van der Waals surface area contributed by atoms with Crippen LogP contribution in [0.3, 0.4) is 0 Å². The maximum Gasteiger partial charge on any atom is 0.228 e. The highest BCUT2D eigenvalue weighted by atomic mass is 32.1. The van der Waals surface area contributed by atoms with Gasteiger partial charge in [-0.3, -0.25) is 14.5 Å². The number of para-hydroxylation sites is 1. The summed E-state index contributed by atoms with van der Waals surface area (Å²) in [5.74, 6) is -0.0382. The predicted molar refractivity (Wildman–Crippen MR) is 103 cm³/mol. The van der Waals surface area contributed by atoms with Crippen LogP contribution in [0.15, 0.2) is 47.2 Å². The molecule has 0 aliphatic carbocycles. The van der Waals surface area contributed by atoms with Crippen molar-refractivity contribution < 1.29 is 9.59 Å². The average molecular weight is 369 g/mol. The number of nitrogens with zero attached hydrogens (tertiary/aromatic N) is 3. The van der Waals surface area contributed by atoms with Gasteiger partial charge in [0.15, 0.2) is 0 Å². The molecular formula is C20H23N3O2S. The first-order chi connectivity index (χ1) is 12.7. The number of thiophene rings is 1. The Balaban J connectivity index is 1.32. The first-order valence-corrected chi connectivity index (χ1v) is 10.0. The molecule has 1 atom stereocenters. The third-order valence-electron chi connectivity index (χ3n) is 5.21. The minimum atomic E-state index is -0.217. The van der Waals surface area contributed by atoms with E-state index >= 15 is 0 Å². The highest BCUT2D eigenvalue weighted by molar-refractivity contribution is 7.07. The summed E-state index contributed by atoms with van der Waals surface area (Å²) in [6.07, 6.45) is 0.322. The van der Waals surface area contributed by atoms with E-state index in [2.05, 4.69) is 21.7 Å². The van der Waals surface area contributed by atoms with Crippen LogP contribution in [0.5, 0.6) is 0 Å². The van der Waals surface area contributed by atoms with Crippen LogP contribution in [0, 0.1) is 5.92 Å². The van der Waals surface area contributed by atoms with Crippen molar-refractivity contribution in [1.29, 1.82) is 0 Å². The second kappa shape index (κ2) is 7.60. The van der Waals surface area contributed by atoms with Crippen LogP contribution in [0.2, 0.25) is 0 Å². The van der Waals surface area contributed by atoms with Gasteiger partial charge in [-0.05, 0) is 34.5 Å². The highest BCUT2D eigenvalue weighted by Gasteiger charge is 2.37. The lowest BCUT2D eigenvalue weighted by Gasteiger charge is -2.35. The van der Waals surface area contributed by atoms with Gasteiger partial charge < -0.3 is 9.80 Å². The summed E-state index contributed by atoms with van der Waals surface area (Å²) >= 11 is 1.72. The fourth-order valence-electron chi connectivity index (χ4n) is 3.76. The number of hydrogen-bond acceptors (Lipinski definition) is 4. The highest BCUT2D eigenvalue weighted by Crippen LogP contribution is 2.26. The maximum absolute atomic E-state index is 12.9. The number of amides is 2. The topological polar surface area (TPSA) is 43.9 Å². The standard InChI is InChI=1S/C20H23N3O2S/c24-19-12-17(14-23(19)18-4-2-1-3-5-18)20(25)22-9-7-21(8-10-22)13-16-6-11-26-15-16/h1-6,11,15,17H,7-10,12-14H2. The summed E-state index contributed by atoms with van der Waals surface area (Å²) in [4.78, 5) is 31.3. The summed E-state index contributed by atoms with van der Waals surface area (Å²) in [6.45, 7) is 4.74. The molecule has 2 aliphatic heterocycles. The van der Waals surface area contributed by atoms with Crippen molar-refractivity contribution in [2.45, 2.75) is 13.0 Å². The van der Waals surface area contributed by atoms with Crippen LogP contribution < -0.4 is 4.90 Å². The van der Waals surface area contributed by atoms with Crippen molar-refractivity contribution >= 4 is 28.8 Å². The molecule has 0 N–H and O–H groups in total. The lowest BCUT2D eigenvalue weighted by molar-refractivity contribution is -0.137. The molecule has 4 rings (SSSR count). The van der Waals surface area contributed by atoms with Crippen molar-refractivity contribution in [3.63, 3.8) is 0 Å². The SMILES string of the molecule is O=C(C1CC(=O)N(c2ccccc2)C1)N1CCN(Cc2ccsc2)CC1. The minimum Gasteiger partial charge on any atom is -0.340 e. The number of piperazine rings is 1. The summed E-state index contributed by atoms with van der Waals surface area (Å²) < 4.78 is 0. The molecule has 2 fully saturated rings. The van der Waals surface area contributed by atoms with Crippen molar-refractivity contribution in [3.05, 3.63) is 52.7 Å². The largest absolute Gasteiger partial charge is 0.340 e. The summed E-state index contributed by atoms with van der Waals surface area (Å²) in [5, 5.41) is 4.28. The summed E-state index contributed by atoms with van der Waals surface area (Å²) in [7, 11) is 0. The van der Waals surface area contributed by atoms with Crippen molar-refractivity contribution in [3.8, 4) is 0 Å². The molecule has 0 radical (unpaired) electrons. The Bertz CT molecular complexity index is 755. The number of carbonyl (C=O) groups excluding carboxylic acids is 2. The molecule has 1 aromatic heterocycles. The molecule has 1 aromatic carbocycles. The van der Waals surface area contributed by atoms with Crippen LogP contribution in [-0.2, 0) is 16.1 Å². The zero-order valence-corrected chi connectivity index (χ0v) is 15.5. The molecule has 136 valence electrons. The number of carbonyl (C=O) groups is 2. The Kier molecular flexibility index (Phi) is 5.04. The van der Waals surface area contributed by atoms with E-state index in [0.29, 0.717) is 13.0 Å². The Hall–Kier alpha value is -2.18. The van der Waals surface area contributed by atoms with Crippen molar-refractivity contribution in [2.75, 3.05) is 37.6 Å². The first-order valence-electron chi connectivity index (χ1n) is 9.08. The van der Waals surface area contributed by atoms with E-state index in [0.717, 1.165) is 38.4 Å². The Morgan fingerprint density at radius 2 is 1.85 bits per heavy atom. The van der Waals surface area contributed by atoms with Gasteiger partial charge in [-0.25, -0.2) is 0 Å². The number of hydrogen-bond donors (Lipinski definition) is 0. The van der Waals surface area contributed by atoms with Crippen molar-refractivity contribution in [2.24, 2.45) is 5.92 Å². The number of rotatable bonds is 4. The van der Waals surface area contributed by atoms with Crippen LogP contribution in [0.4, 0.5) is 5.69 Å². The Morgan fingerprint density at radius 3 is 2.54 bits per heavy atom. The molecule has 3 heterocycles. The molecular weight excluding hydrogens is 346 g/mol. The maximum atomic E-state index is 12.9. The second-order valence-electron chi connectivity index (χ2n) is 6.97. The van der Waals surface area contributed by atoms with Crippen LogP contribution in [0.25, 0.3) is 0 Å². The zero-order chi connectivity index (χ0) is 17.9. The van der Waals surface area contributed by atoms with Gasteiger partial charge in [0.25, 0.3) is 0 Å². The van der Waals surface area contributed by atoms with Gasteiger partial charge in [-0.2, -0.15) is 11.3 Å². The fraction of sp³-hybridized carbons (Fsp3) is 0.400. The summed E-state index contributed by atoms with van der Waals surface area (Å²) in [6, 6.07) is 11.8. The average Bonchev–Trinajstić information content (AvgIpc) is 3.32. The van der Waals surface area contributed by atoms with E-state index in [-0.39, 0.29) is 17.7 Å². The predicted octanol–water partition coefficient (Wildman–Crippen LogP) is 2.45. The molecule has 2 aliphatic rings. The Labute approximate surface area is 157 Å². The number of benzene rings is 1. The third kappa shape index (κ3) is 3.66. The van der Waals surface area contributed by atoms with Gasteiger partial charge in [0.2, 0.25) is 11.8 Å². The van der Waals surface area contributed by atoms with Crippen LogP contribution >= 0.6 is 11.3 Å². The molecule has 26 heavy (non-hydrogen) atoms. The normalized spacial score (nSPS) is 21.4. The van der Waals surface area contributed by atoms with Crippen molar-refractivity contribution in [1.82, 2.24) is 9.80 Å². The first kappa shape index (κ1) is 17.2. The lowest BCUT2D eigenvalue weighted by Crippen LogP contribution is -2.50. The molecule has 0 bridgehead atoms. The minimum absolute atomic E-state index is 0.0469. The van der Waals surface area contributed by atoms with E-state index in [1.165, 1.54) is 5.56 Å². The zero-order valence-electron chi connectivity index (χ0n) is 14.7. The monoisotopic (exact) mass is 369 g/mol. The van der Waals surface area contributed by atoms with Gasteiger partial charge in [0, 0.05) is 51.4 Å². The quantitative estimate of drug-likeness (QED) is 0.832. The van der Waals surface area contributed by atoms with E-state index in [4.69, 9.17) is 0 Å². The van der Waals surface area contributed by atoms with Gasteiger partial charge in [0.05, 0.1) is 5.92 Å². The van der Waals surface area contributed by atoms with Gasteiger partial charge in [-0.1, -0.05) is 18.2 Å². The molecule has 2 saturated heterocycles. The molecule has 1 unspecified atom stereocenters. The van der Waals surface area contributed by atoms with E-state index < -0.39 is 0 Å². The van der Waals surface area contributed by atoms with Gasteiger partial charge in [-0.15, -0.1) is 0 Å². The fourth-order valence-corrected chi connectivity index (χ4v) is 4.42. The molecule has 2 amide bonds. The van der Waals surface area contributed by atoms with Crippen LogP contribution in [-0.4, -0.2) is 54.3 Å². The van der Waals surface area contributed by atoms with Crippen LogP contribution in [0.1, 0.15) is 12.0 Å². The molecule has 0 spiro atoms. The molecule has 6 heteroatoms. The second-order valence-corrected chi connectivity index (χ2v) is 7.75. The molecule has 5 nitrogen and oxygen atoms in total. The third-order valence-corrected chi connectivity index (χ3v) is 5.94. The van der Waals surface area contributed by atoms with Gasteiger partial charge >= 0.3 is 0 Å². The Morgan fingerprint density at radius 1 is 1.08 bits per heavy atom. The number of anilines is 1. The van der Waals surface area contributed by atoms with Gasteiger partial charge in [0.1, 0.15) is 0 Å². The van der Waals surface area contributed by atoms with E-state index in [1.54, 1.807) is 16.2 Å². The summed E-state index contributed by atoms with van der Waals surface area (Å²) in [5.41, 5.74) is 2.23. The van der Waals surface area contributed by atoms with E-state index in [1.807, 2.05) is 35.2 Å². The molecule has 2 aromatic rings. The molecule has 0 saturated carbocycles.